The third-order valence-corrected chi connectivity index (χ3v) is 3.58. The number of fused-ring (bicyclic) bond motifs is 2. The molecule has 2 bridgehead atoms. The van der Waals surface area contributed by atoms with E-state index in [4.69, 9.17) is 4.74 Å². The van der Waals surface area contributed by atoms with Crippen LogP contribution in [0, 0.1) is 5.92 Å². The minimum absolute atomic E-state index is 0.361. The maximum Gasteiger partial charge on any atom is 0.0685 e. The molecule has 0 atom stereocenters. The van der Waals surface area contributed by atoms with Crippen molar-refractivity contribution < 1.29 is 4.74 Å². The fourth-order valence-electron chi connectivity index (χ4n) is 2.77. The van der Waals surface area contributed by atoms with Gasteiger partial charge >= 0.3 is 0 Å². The highest BCUT2D eigenvalue weighted by Gasteiger charge is 2.45. The molecule has 1 heteroatoms. The molecule has 2 aliphatic carbocycles. The molecule has 0 aromatic rings. The lowest BCUT2D eigenvalue weighted by Gasteiger charge is -2.26. The minimum Gasteiger partial charge on any atom is -0.375 e. The predicted octanol–water partition coefficient (Wildman–Crippen LogP) is 3.14. The van der Waals surface area contributed by atoms with Gasteiger partial charge in [-0.25, -0.2) is 0 Å². The highest BCUT2D eigenvalue weighted by atomic mass is 16.5. The van der Waals surface area contributed by atoms with E-state index in [2.05, 4.69) is 6.92 Å². The second-order valence-corrected chi connectivity index (χ2v) is 4.53. The van der Waals surface area contributed by atoms with Gasteiger partial charge in [0, 0.05) is 6.61 Å². The molecule has 1 nitrogen and oxygen atoms in total. The number of unbranched alkanes of at least 4 members (excludes halogenated alkanes) is 1. The molecule has 0 unspecified atom stereocenters. The Morgan fingerprint density at radius 2 is 2.08 bits per heavy atom. The molecule has 0 amide bonds. The lowest BCUT2D eigenvalue weighted by molar-refractivity contribution is -0.0382. The van der Waals surface area contributed by atoms with Crippen molar-refractivity contribution in [2.24, 2.45) is 5.92 Å². The van der Waals surface area contributed by atoms with Crippen LogP contribution in [-0.2, 0) is 4.74 Å². The molecule has 0 aromatic carbocycles. The average molecular weight is 168 g/mol. The number of ether oxygens (including phenoxy) is 1. The molecule has 0 N–H and O–H groups in total. The SMILES string of the molecule is CCCCOC12CCC(CC1)C2. The molecule has 0 heterocycles. The summed E-state index contributed by atoms with van der Waals surface area (Å²) in [6, 6.07) is 0. The van der Waals surface area contributed by atoms with Gasteiger partial charge in [-0.05, 0) is 44.4 Å². The summed E-state index contributed by atoms with van der Waals surface area (Å²) in [6.07, 6.45) is 9.45. The summed E-state index contributed by atoms with van der Waals surface area (Å²) in [5, 5.41) is 0. The van der Waals surface area contributed by atoms with Crippen LogP contribution in [0.5, 0.6) is 0 Å². The Morgan fingerprint density at radius 1 is 1.33 bits per heavy atom. The van der Waals surface area contributed by atoms with Crippen LogP contribution in [0.3, 0.4) is 0 Å². The summed E-state index contributed by atoms with van der Waals surface area (Å²) < 4.78 is 6.02. The van der Waals surface area contributed by atoms with Gasteiger partial charge < -0.3 is 4.74 Å². The van der Waals surface area contributed by atoms with Crippen molar-refractivity contribution in [1.29, 1.82) is 0 Å². The standard InChI is InChI=1S/C11H20O/c1-2-3-8-12-11-6-4-10(9-11)5-7-11/h10H,2-9H2,1H3. The zero-order valence-electron chi connectivity index (χ0n) is 8.14. The first kappa shape index (κ1) is 8.55. The van der Waals surface area contributed by atoms with Crippen LogP contribution in [0.15, 0.2) is 0 Å². The van der Waals surface area contributed by atoms with Crippen molar-refractivity contribution >= 4 is 0 Å². The fourth-order valence-corrected chi connectivity index (χ4v) is 2.77. The van der Waals surface area contributed by atoms with Gasteiger partial charge in [0.15, 0.2) is 0 Å². The molecule has 2 aliphatic rings. The molecule has 0 spiro atoms. The van der Waals surface area contributed by atoms with Crippen LogP contribution < -0.4 is 0 Å². The van der Waals surface area contributed by atoms with E-state index in [1.807, 2.05) is 0 Å². The van der Waals surface area contributed by atoms with E-state index in [9.17, 15) is 0 Å². The zero-order chi connectivity index (χ0) is 8.44. The maximum absolute atomic E-state index is 6.02. The van der Waals surface area contributed by atoms with Crippen molar-refractivity contribution in [1.82, 2.24) is 0 Å². The lowest BCUT2D eigenvalue weighted by atomic mass is 9.97. The second kappa shape index (κ2) is 3.37. The molecule has 70 valence electrons. The van der Waals surface area contributed by atoms with E-state index in [1.54, 1.807) is 0 Å². The van der Waals surface area contributed by atoms with Gasteiger partial charge in [0.2, 0.25) is 0 Å². The molecule has 0 aromatic heterocycles. The zero-order valence-corrected chi connectivity index (χ0v) is 8.14. The summed E-state index contributed by atoms with van der Waals surface area (Å²) in [7, 11) is 0. The normalized spacial score (nSPS) is 39.2. The molecule has 0 radical (unpaired) electrons. The van der Waals surface area contributed by atoms with E-state index >= 15 is 0 Å². The Labute approximate surface area is 75.5 Å². The van der Waals surface area contributed by atoms with Gasteiger partial charge in [-0.3, -0.25) is 0 Å². The Bertz CT molecular complexity index is 145. The highest BCUT2D eigenvalue weighted by Crippen LogP contribution is 2.49. The molecule has 2 saturated carbocycles. The summed E-state index contributed by atoms with van der Waals surface area (Å²) >= 11 is 0. The first-order chi connectivity index (χ1) is 5.85. The van der Waals surface area contributed by atoms with Crippen molar-refractivity contribution in [2.75, 3.05) is 6.61 Å². The van der Waals surface area contributed by atoms with Gasteiger partial charge in [0.05, 0.1) is 5.60 Å². The van der Waals surface area contributed by atoms with E-state index in [0.29, 0.717) is 5.60 Å². The smallest absolute Gasteiger partial charge is 0.0685 e. The van der Waals surface area contributed by atoms with E-state index in [1.165, 1.54) is 44.9 Å². The second-order valence-electron chi connectivity index (χ2n) is 4.53. The Kier molecular flexibility index (Phi) is 2.40. The van der Waals surface area contributed by atoms with E-state index in [0.717, 1.165) is 12.5 Å². The van der Waals surface area contributed by atoms with Crippen LogP contribution >= 0.6 is 0 Å². The largest absolute Gasteiger partial charge is 0.375 e. The Morgan fingerprint density at radius 3 is 2.58 bits per heavy atom. The molecular weight excluding hydrogens is 148 g/mol. The van der Waals surface area contributed by atoms with Crippen LogP contribution in [0.2, 0.25) is 0 Å². The van der Waals surface area contributed by atoms with Gasteiger partial charge in [-0.1, -0.05) is 13.3 Å². The quantitative estimate of drug-likeness (QED) is 0.586. The third-order valence-electron chi connectivity index (χ3n) is 3.58. The molecule has 0 aliphatic heterocycles. The van der Waals surface area contributed by atoms with E-state index < -0.39 is 0 Å². The summed E-state index contributed by atoms with van der Waals surface area (Å²) in [5.74, 6) is 1.02. The minimum atomic E-state index is 0.361. The topological polar surface area (TPSA) is 9.23 Å². The Hall–Kier alpha value is -0.0400. The van der Waals surface area contributed by atoms with Gasteiger partial charge in [0.1, 0.15) is 0 Å². The fraction of sp³-hybridized carbons (Fsp3) is 1.00. The van der Waals surface area contributed by atoms with Crippen LogP contribution in [0.25, 0.3) is 0 Å². The average Bonchev–Trinajstić information content (AvgIpc) is 2.64. The van der Waals surface area contributed by atoms with Crippen molar-refractivity contribution in [3.63, 3.8) is 0 Å². The first-order valence-electron chi connectivity index (χ1n) is 5.49. The maximum atomic E-state index is 6.02. The first-order valence-corrected chi connectivity index (χ1v) is 5.49. The number of hydrogen-bond donors (Lipinski definition) is 0. The summed E-state index contributed by atoms with van der Waals surface area (Å²) in [4.78, 5) is 0. The third kappa shape index (κ3) is 1.52. The molecule has 12 heavy (non-hydrogen) atoms. The van der Waals surface area contributed by atoms with Crippen LogP contribution in [-0.4, -0.2) is 12.2 Å². The number of hydrogen-bond acceptors (Lipinski definition) is 1. The van der Waals surface area contributed by atoms with Crippen LogP contribution in [0.1, 0.15) is 51.9 Å². The van der Waals surface area contributed by atoms with Gasteiger partial charge in [0.25, 0.3) is 0 Å². The molecule has 0 saturated heterocycles. The monoisotopic (exact) mass is 168 g/mol. The molecular formula is C11H20O. The van der Waals surface area contributed by atoms with Crippen molar-refractivity contribution in [3.8, 4) is 0 Å². The van der Waals surface area contributed by atoms with E-state index in [-0.39, 0.29) is 0 Å². The summed E-state index contributed by atoms with van der Waals surface area (Å²) in [5.41, 5.74) is 0.361. The Balaban J connectivity index is 1.78. The van der Waals surface area contributed by atoms with Gasteiger partial charge in [-0.2, -0.15) is 0 Å². The summed E-state index contributed by atoms with van der Waals surface area (Å²) in [6.45, 7) is 3.23. The van der Waals surface area contributed by atoms with Crippen molar-refractivity contribution in [2.45, 2.75) is 57.5 Å². The molecule has 2 rings (SSSR count). The van der Waals surface area contributed by atoms with Crippen LogP contribution in [0.4, 0.5) is 0 Å². The molecule has 2 fully saturated rings. The van der Waals surface area contributed by atoms with Gasteiger partial charge in [-0.15, -0.1) is 0 Å². The van der Waals surface area contributed by atoms with Crippen molar-refractivity contribution in [3.05, 3.63) is 0 Å². The lowest BCUT2D eigenvalue weighted by Crippen LogP contribution is -2.27. The predicted molar refractivity (Wildman–Crippen MR) is 50.2 cm³/mol. The number of rotatable bonds is 4. The highest BCUT2D eigenvalue weighted by molar-refractivity contribution is 4.97.